The lowest BCUT2D eigenvalue weighted by Crippen LogP contribution is -2.48. The summed E-state index contributed by atoms with van der Waals surface area (Å²) in [6, 6.07) is 10.1. The molecule has 3 aliphatic rings. The number of Topliss-reactive ketones (excluding diaryl/α,β-unsaturated/α-hetero) is 1. The molecular formula is C46H53ClN2O12S. The van der Waals surface area contributed by atoms with Crippen molar-refractivity contribution in [2.45, 2.75) is 123 Å². The Morgan fingerprint density at radius 3 is 2.55 bits per heavy atom. The molecule has 0 bridgehead atoms. The van der Waals surface area contributed by atoms with Crippen molar-refractivity contribution in [2.24, 2.45) is 17.3 Å². The summed E-state index contributed by atoms with van der Waals surface area (Å²) in [5.74, 6) is -3.77. The molecule has 1 N–H and O–H groups in total. The standard InChI is InChI=1S/C46H53ClN2O12S/c1-7-10-30-42(54)26(2)11-8-19-46(6)37(61-46)23-34(29-14-16-35-32(22-29)48-27(3)62-35)59-41(53)24-36(45(4,5)43(30)55)60-44(56)57-25-28-13-15-33(31(47)21-28)58-40(52)12-9-20-49-38(50)17-18-39(49)51/h7,13-18,21-22,26,30,34,36-37,42,54H,1,8-12,19-20,23-25H2,2-6H3. The van der Waals surface area contributed by atoms with Crippen LogP contribution >= 0.6 is 22.9 Å². The number of cyclic esters (lactones) is 1. The first-order valence-corrected chi connectivity index (χ1v) is 22.0. The summed E-state index contributed by atoms with van der Waals surface area (Å²) in [5, 5.41) is 12.5. The number of nitrogens with zero attached hydrogens (tertiary/aromatic N) is 2. The molecule has 16 heteroatoms. The van der Waals surface area contributed by atoms with Crippen molar-refractivity contribution in [2.75, 3.05) is 6.54 Å². The number of ether oxygens (including phenoxy) is 5. The van der Waals surface area contributed by atoms with Crippen LogP contribution in [0.25, 0.3) is 10.2 Å². The molecule has 2 saturated heterocycles. The number of allylic oxidation sites excluding steroid dienone is 1. The van der Waals surface area contributed by atoms with Gasteiger partial charge in [0.1, 0.15) is 30.3 Å². The molecule has 6 rings (SSSR count). The molecule has 0 spiro atoms. The Labute approximate surface area is 369 Å². The Kier molecular flexibility index (Phi) is 14.7. The van der Waals surface area contributed by atoms with Gasteiger partial charge in [-0.2, -0.15) is 0 Å². The van der Waals surface area contributed by atoms with Gasteiger partial charge in [-0.05, 0) is 94.7 Å². The number of amides is 2. The maximum Gasteiger partial charge on any atom is 0.508 e. The summed E-state index contributed by atoms with van der Waals surface area (Å²) in [4.78, 5) is 83.6. The third kappa shape index (κ3) is 11.2. The number of fused-ring (bicyclic) bond motifs is 2. The van der Waals surface area contributed by atoms with E-state index >= 15 is 0 Å². The molecule has 2 aromatic carbocycles. The number of epoxide rings is 1. The topological polar surface area (TPSA) is 188 Å². The minimum atomic E-state index is -1.51. The van der Waals surface area contributed by atoms with E-state index in [0.29, 0.717) is 18.4 Å². The fraction of sp³-hybridized carbons (Fsp3) is 0.500. The van der Waals surface area contributed by atoms with Crippen LogP contribution in [0, 0.1) is 24.2 Å². The molecule has 4 heterocycles. The Morgan fingerprint density at radius 1 is 1.10 bits per heavy atom. The van der Waals surface area contributed by atoms with Crippen LogP contribution in [0.15, 0.2) is 61.2 Å². The zero-order chi connectivity index (χ0) is 44.9. The summed E-state index contributed by atoms with van der Waals surface area (Å²) in [7, 11) is 0. The van der Waals surface area contributed by atoms with Gasteiger partial charge in [0.15, 0.2) is 0 Å². The van der Waals surface area contributed by atoms with Crippen LogP contribution in [0.3, 0.4) is 0 Å². The number of rotatable bonds is 11. The number of carbonyl (C=O) groups excluding carboxylic acids is 6. The number of thiazole rings is 1. The van der Waals surface area contributed by atoms with E-state index in [1.165, 1.54) is 30.4 Å². The average molecular weight is 893 g/mol. The Bertz CT molecular complexity index is 2240. The third-order valence-corrected chi connectivity index (χ3v) is 13.2. The average Bonchev–Trinajstić information content (AvgIpc) is 3.50. The number of esters is 2. The van der Waals surface area contributed by atoms with Gasteiger partial charge in [-0.1, -0.05) is 43.2 Å². The van der Waals surface area contributed by atoms with Crippen molar-refractivity contribution in [3.8, 4) is 5.75 Å². The summed E-state index contributed by atoms with van der Waals surface area (Å²) in [6.45, 7) is 12.5. The monoisotopic (exact) mass is 892 g/mol. The minimum absolute atomic E-state index is 0.0468. The first-order valence-electron chi connectivity index (χ1n) is 20.8. The lowest BCUT2D eigenvalue weighted by atomic mass is 9.71. The lowest BCUT2D eigenvalue weighted by Gasteiger charge is -2.37. The van der Waals surface area contributed by atoms with Gasteiger partial charge in [0.05, 0.1) is 49.9 Å². The van der Waals surface area contributed by atoms with Crippen LogP contribution in [0.2, 0.25) is 5.02 Å². The Hall–Kier alpha value is -4.96. The Balaban J connectivity index is 1.17. The molecule has 0 saturated carbocycles. The van der Waals surface area contributed by atoms with Crippen molar-refractivity contribution in [1.82, 2.24) is 9.88 Å². The zero-order valence-electron chi connectivity index (χ0n) is 35.6. The van der Waals surface area contributed by atoms with Gasteiger partial charge in [0.25, 0.3) is 11.8 Å². The molecule has 7 atom stereocenters. The fourth-order valence-corrected chi connectivity index (χ4v) is 9.14. The van der Waals surface area contributed by atoms with Gasteiger partial charge in [-0.3, -0.25) is 28.9 Å². The van der Waals surface area contributed by atoms with Gasteiger partial charge in [0, 0.05) is 37.5 Å². The Morgan fingerprint density at radius 2 is 1.84 bits per heavy atom. The number of imide groups is 1. The number of aryl methyl sites for hydroxylation is 1. The van der Waals surface area contributed by atoms with E-state index in [2.05, 4.69) is 11.6 Å². The number of aromatic nitrogens is 1. The third-order valence-electron chi connectivity index (χ3n) is 12.0. The number of halogens is 1. The predicted molar refractivity (Wildman–Crippen MR) is 229 cm³/mol. The summed E-state index contributed by atoms with van der Waals surface area (Å²) >= 11 is 7.96. The molecule has 0 aliphatic carbocycles. The quantitative estimate of drug-likeness (QED) is 0.0640. The number of hydrogen-bond donors (Lipinski definition) is 1. The lowest BCUT2D eigenvalue weighted by molar-refractivity contribution is -0.157. The first-order chi connectivity index (χ1) is 29.4. The number of aliphatic hydroxyl groups is 1. The van der Waals surface area contributed by atoms with Crippen molar-refractivity contribution < 1.29 is 57.6 Å². The van der Waals surface area contributed by atoms with E-state index in [0.717, 1.165) is 38.5 Å². The van der Waals surface area contributed by atoms with Crippen LogP contribution < -0.4 is 4.74 Å². The van der Waals surface area contributed by atoms with Crippen molar-refractivity contribution in [3.63, 3.8) is 0 Å². The second kappa shape index (κ2) is 19.6. The minimum Gasteiger partial charge on any atom is -0.457 e. The van der Waals surface area contributed by atoms with Crippen molar-refractivity contribution >= 4 is 68.8 Å². The van der Waals surface area contributed by atoms with Crippen LogP contribution in [0.4, 0.5) is 4.79 Å². The van der Waals surface area contributed by atoms with Crippen LogP contribution in [0.5, 0.6) is 5.75 Å². The highest BCUT2D eigenvalue weighted by Gasteiger charge is 2.53. The number of aliphatic hydroxyl groups excluding tert-OH is 1. The number of ketones is 1. The highest BCUT2D eigenvalue weighted by atomic mass is 35.5. The number of carbonyl (C=O) groups is 6. The smallest absolute Gasteiger partial charge is 0.457 e. The molecule has 0 radical (unpaired) electrons. The highest BCUT2D eigenvalue weighted by Crippen LogP contribution is 2.47. The molecule has 332 valence electrons. The zero-order valence-corrected chi connectivity index (χ0v) is 37.1. The summed E-state index contributed by atoms with van der Waals surface area (Å²) < 4.78 is 30.1. The SMILES string of the molecule is C=CCC1C(=O)C(C)(C)C(OC(=O)OCc2ccc(OC(=O)CCCN3C(=O)C=CC3=O)c(Cl)c2)CC(=O)OC(c2ccc3sc(C)nc3c2)CC2OC2(C)CCCC(C)C1O. The molecule has 1 aromatic heterocycles. The molecule has 2 fully saturated rings. The van der Waals surface area contributed by atoms with Gasteiger partial charge in [-0.15, -0.1) is 17.9 Å². The molecular weight excluding hydrogens is 840 g/mol. The molecule has 62 heavy (non-hydrogen) atoms. The molecule has 3 aromatic rings. The second-order valence-electron chi connectivity index (χ2n) is 17.0. The summed E-state index contributed by atoms with van der Waals surface area (Å²) in [6.07, 6.45) is 1.59. The van der Waals surface area contributed by atoms with Gasteiger partial charge >= 0.3 is 18.1 Å². The van der Waals surface area contributed by atoms with E-state index in [1.807, 2.05) is 39.0 Å². The van der Waals surface area contributed by atoms with Crippen LogP contribution in [-0.4, -0.2) is 81.1 Å². The maximum absolute atomic E-state index is 14.5. The van der Waals surface area contributed by atoms with Gasteiger partial charge in [0.2, 0.25) is 0 Å². The molecule has 2 amide bonds. The van der Waals surface area contributed by atoms with E-state index in [1.54, 1.807) is 31.3 Å². The number of hydrogen-bond acceptors (Lipinski definition) is 14. The van der Waals surface area contributed by atoms with Gasteiger partial charge in [-0.25, -0.2) is 9.78 Å². The normalized spacial score (nSPS) is 26.8. The van der Waals surface area contributed by atoms with Crippen molar-refractivity contribution in [3.05, 3.63) is 82.4 Å². The van der Waals surface area contributed by atoms with E-state index in [4.69, 9.17) is 35.3 Å². The van der Waals surface area contributed by atoms with Crippen LogP contribution in [-0.2, 0) is 49.5 Å². The number of benzene rings is 2. The van der Waals surface area contributed by atoms with Crippen molar-refractivity contribution in [1.29, 1.82) is 0 Å². The largest absolute Gasteiger partial charge is 0.508 e. The van der Waals surface area contributed by atoms with Gasteiger partial charge < -0.3 is 28.8 Å². The molecule has 7 unspecified atom stereocenters. The van der Waals surface area contributed by atoms with E-state index in [9.17, 15) is 33.9 Å². The predicted octanol–water partition coefficient (Wildman–Crippen LogP) is 8.08. The second-order valence-corrected chi connectivity index (χ2v) is 18.7. The highest BCUT2D eigenvalue weighted by molar-refractivity contribution is 7.18. The van der Waals surface area contributed by atoms with Crippen LogP contribution in [0.1, 0.15) is 101 Å². The fourth-order valence-electron chi connectivity index (χ4n) is 8.09. The van der Waals surface area contributed by atoms with E-state index in [-0.39, 0.29) is 55.2 Å². The molecule has 3 aliphatic heterocycles. The maximum atomic E-state index is 14.5. The van der Waals surface area contributed by atoms with E-state index < -0.39 is 77.4 Å². The summed E-state index contributed by atoms with van der Waals surface area (Å²) in [5.41, 5.74) is -0.0449. The first kappa shape index (κ1) is 46.5. The molecule has 14 nitrogen and oxygen atoms in total.